The fourth-order valence-corrected chi connectivity index (χ4v) is 3.02. The van der Waals surface area contributed by atoms with Crippen molar-refractivity contribution in [2.75, 3.05) is 0 Å². The van der Waals surface area contributed by atoms with E-state index < -0.39 is 0 Å². The van der Waals surface area contributed by atoms with Crippen LogP contribution < -0.4 is 0 Å². The molecule has 1 heterocycles. The molecule has 0 amide bonds. The summed E-state index contributed by atoms with van der Waals surface area (Å²) in [5, 5.41) is 0. The summed E-state index contributed by atoms with van der Waals surface area (Å²) in [6.45, 7) is 3.10. The van der Waals surface area contributed by atoms with Gasteiger partial charge in [0.15, 0.2) is 0 Å². The van der Waals surface area contributed by atoms with Crippen LogP contribution in [0.25, 0.3) is 22.4 Å². The van der Waals surface area contributed by atoms with Crippen molar-refractivity contribution in [2.24, 2.45) is 0 Å². The Hall–Kier alpha value is -2.16. The summed E-state index contributed by atoms with van der Waals surface area (Å²) in [5.74, 6) is 0.523. The minimum atomic E-state index is -0.213. The number of imidazole rings is 1. The molecule has 0 unspecified atom stereocenters. The smallest absolute Gasteiger partial charge is 0.144 e. The van der Waals surface area contributed by atoms with E-state index in [0.29, 0.717) is 5.56 Å². The van der Waals surface area contributed by atoms with Gasteiger partial charge in [0.25, 0.3) is 0 Å². The third kappa shape index (κ3) is 3.44. The SMILES string of the molecule is CCCCCCCn1c(-c2ccccc2F)nc2ccccc21. The van der Waals surface area contributed by atoms with E-state index in [1.165, 1.54) is 31.7 Å². The van der Waals surface area contributed by atoms with Crippen molar-refractivity contribution in [2.45, 2.75) is 45.6 Å². The number of hydrogen-bond donors (Lipinski definition) is 0. The number of fused-ring (bicyclic) bond motifs is 1. The summed E-state index contributed by atoms with van der Waals surface area (Å²) in [7, 11) is 0. The van der Waals surface area contributed by atoms with Crippen LogP contribution in [0.4, 0.5) is 4.39 Å². The lowest BCUT2D eigenvalue weighted by Crippen LogP contribution is -2.02. The number of hydrogen-bond acceptors (Lipinski definition) is 1. The highest BCUT2D eigenvalue weighted by molar-refractivity contribution is 5.80. The van der Waals surface area contributed by atoms with Crippen molar-refractivity contribution in [3.8, 4) is 11.4 Å². The van der Waals surface area contributed by atoms with Crippen LogP contribution in [-0.4, -0.2) is 9.55 Å². The number of aryl methyl sites for hydroxylation is 1. The minimum absolute atomic E-state index is 0.213. The second kappa shape index (κ2) is 7.40. The Morgan fingerprint density at radius 1 is 0.913 bits per heavy atom. The van der Waals surface area contributed by atoms with Gasteiger partial charge in [-0.2, -0.15) is 0 Å². The minimum Gasteiger partial charge on any atom is -0.324 e. The summed E-state index contributed by atoms with van der Waals surface area (Å²) in [5.41, 5.74) is 2.60. The molecule has 0 saturated heterocycles. The second-order valence-electron chi connectivity index (χ2n) is 5.97. The third-order valence-electron chi connectivity index (χ3n) is 4.25. The predicted octanol–water partition coefficient (Wildman–Crippen LogP) is 5.81. The average molecular weight is 310 g/mol. The van der Waals surface area contributed by atoms with Gasteiger partial charge >= 0.3 is 0 Å². The van der Waals surface area contributed by atoms with Gasteiger partial charge in [0, 0.05) is 6.54 Å². The molecule has 0 atom stereocenters. The second-order valence-corrected chi connectivity index (χ2v) is 5.97. The maximum atomic E-state index is 14.2. The maximum Gasteiger partial charge on any atom is 0.144 e. The Bertz CT molecular complexity index is 776. The van der Waals surface area contributed by atoms with Crippen molar-refractivity contribution in [3.63, 3.8) is 0 Å². The molecule has 1 aromatic heterocycles. The quantitative estimate of drug-likeness (QED) is 0.503. The first kappa shape index (κ1) is 15.7. The number of halogens is 1. The monoisotopic (exact) mass is 310 g/mol. The normalized spacial score (nSPS) is 11.2. The Kier molecular flexibility index (Phi) is 5.06. The number of aromatic nitrogens is 2. The lowest BCUT2D eigenvalue weighted by molar-refractivity contribution is 0.575. The van der Waals surface area contributed by atoms with E-state index in [0.717, 1.165) is 29.8 Å². The molecule has 0 aliphatic carbocycles. The molecule has 120 valence electrons. The molecule has 23 heavy (non-hydrogen) atoms. The predicted molar refractivity (Wildman–Crippen MR) is 93.9 cm³/mol. The van der Waals surface area contributed by atoms with Crippen LogP contribution in [0.15, 0.2) is 48.5 Å². The molecular weight excluding hydrogens is 287 g/mol. The largest absolute Gasteiger partial charge is 0.324 e. The molecule has 2 aromatic carbocycles. The fourth-order valence-electron chi connectivity index (χ4n) is 3.02. The maximum absolute atomic E-state index is 14.2. The summed E-state index contributed by atoms with van der Waals surface area (Å²) >= 11 is 0. The van der Waals surface area contributed by atoms with E-state index >= 15 is 0 Å². The first-order valence-electron chi connectivity index (χ1n) is 8.51. The molecule has 2 nitrogen and oxygen atoms in total. The highest BCUT2D eigenvalue weighted by atomic mass is 19.1. The van der Waals surface area contributed by atoms with Gasteiger partial charge in [-0.1, -0.05) is 56.9 Å². The Morgan fingerprint density at radius 3 is 2.48 bits per heavy atom. The molecule has 3 aromatic rings. The Balaban J connectivity index is 1.94. The van der Waals surface area contributed by atoms with E-state index in [9.17, 15) is 4.39 Å². The number of nitrogens with zero attached hydrogens (tertiary/aromatic N) is 2. The van der Waals surface area contributed by atoms with Crippen LogP contribution in [0.1, 0.15) is 39.0 Å². The van der Waals surface area contributed by atoms with Gasteiger partial charge in [-0.3, -0.25) is 0 Å². The molecule has 0 bridgehead atoms. The standard InChI is InChI=1S/C20H23FN2/c1-2-3-4-5-10-15-23-19-14-9-8-13-18(19)22-20(23)16-11-6-7-12-17(16)21/h6-9,11-14H,2-5,10,15H2,1H3. The lowest BCUT2D eigenvalue weighted by atomic mass is 10.1. The molecule has 0 saturated carbocycles. The van der Waals surface area contributed by atoms with Crippen molar-refractivity contribution < 1.29 is 4.39 Å². The van der Waals surface area contributed by atoms with Crippen LogP contribution in [0.5, 0.6) is 0 Å². The molecule has 3 heteroatoms. The van der Waals surface area contributed by atoms with E-state index in [-0.39, 0.29) is 5.82 Å². The topological polar surface area (TPSA) is 17.8 Å². The molecule has 0 aliphatic rings. The molecule has 0 radical (unpaired) electrons. The zero-order valence-corrected chi connectivity index (χ0v) is 13.6. The summed E-state index contributed by atoms with van der Waals surface area (Å²) in [6.07, 6.45) is 6.09. The number of benzene rings is 2. The first-order chi connectivity index (χ1) is 11.3. The number of rotatable bonds is 7. The van der Waals surface area contributed by atoms with Crippen LogP contribution in [0, 0.1) is 5.82 Å². The van der Waals surface area contributed by atoms with Crippen LogP contribution >= 0.6 is 0 Å². The molecule has 0 N–H and O–H groups in total. The average Bonchev–Trinajstić information content (AvgIpc) is 2.94. The zero-order valence-electron chi connectivity index (χ0n) is 13.6. The summed E-state index contributed by atoms with van der Waals surface area (Å²) in [6, 6.07) is 14.9. The summed E-state index contributed by atoms with van der Waals surface area (Å²) < 4.78 is 16.4. The van der Waals surface area contributed by atoms with Crippen LogP contribution in [-0.2, 0) is 6.54 Å². The van der Waals surface area contributed by atoms with E-state index in [1.807, 2.05) is 30.3 Å². The van der Waals surface area contributed by atoms with Gasteiger partial charge in [-0.25, -0.2) is 9.37 Å². The van der Waals surface area contributed by atoms with Crippen molar-refractivity contribution in [1.29, 1.82) is 0 Å². The van der Waals surface area contributed by atoms with Gasteiger partial charge in [-0.05, 0) is 30.7 Å². The molecule has 0 fully saturated rings. The number of unbranched alkanes of at least 4 members (excludes halogenated alkanes) is 4. The van der Waals surface area contributed by atoms with E-state index in [2.05, 4.69) is 22.5 Å². The van der Waals surface area contributed by atoms with Crippen molar-refractivity contribution in [1.82, 2.24) is 9.55 Å². The van der Waals surface area contributed by atoms with Gasteiger partial charge in [-0.15, -0.1) is 0 Å². The highest BCUT2D eigenvalue weighted by Crippen LogP contribution is 2.27. The lowest BCUT2D eigenvalue weighted by Gasteiger charge is -2.10. The summed E-state index contributed by atoms with van der Waals surface area (Å²) in [4.78, 5) is 4.68. The van der Waals surface area contributed by atoms with Crippen molar-refractivity contribution >= 4 is 11.0 Å². The Morgan fingerprint density at radius 2 is 1.65 bits per heavy atom. The molecule has 0 aliphatic heterocycles. The van der Waals surface area contributed by atoms with Gasteiger partial charge in [0.2, 0.25) is 0 Å². The molecule has 0 spiro atoms. The molecular formula is C20H23FN2. The Labute approximate surface area is 137 Å². The fraction of sp³-hybridized carbons (Fsp3) is 0.350. The third-order valence-corrected chi connectivity index (χ3v) is 4.25. The molecule has 3 rings (SSSR count). The van der Waals surface area contributed by atoms with E-state index in [4.69, 9.17) is 0 Å². The van der Waals surface area contributed by atoms with Crippen LogP contribution in [0.2, 0.25) is 0 Å². The van der Waals surface area contributed by atoms with Gasteiger partial charge in [0.1, 0.15) is 11.6 Å². The van der Waals surface area contributed by atoms with Gasteiger partial charge in [0.05, 0.1) is 16.6 Å². The first-order valence-corrected chi connectivity index (χ1v) is 8.51. The number of para-hydroxylation sites is 2. The van der Waals surface area contributed by atoms with Crippen molar-refractivity contribution in [3.05, 3.63) is 54.3 Å². The highest BCUT2D eigenvalue weighted by Gasteiger charge is 2.14. The zero-order chi connectivity index (χ0) is 16.1. The van der Waals surface area contributed by atoms with E-state index in [1.54, 1.807) is 6.07 Å². The van der Waals surface area contributed by atoms with Gasteiger partial charge < -0.3 is 4.57 Å². The van der Waals surface area contributed by atoms with Crippen LogP contribution in [0.3, 0.4) is 0 Å².